The number of hydrogen-bond acceptors (Lipinski definition) is 7. The Kier molecular flexibility index (Phi) is 6.34. The van der Waals surface area contributed by atoms with E-state index in [0.29, 0.717) is 10.7 Å². The fraction of sp³-hybridized carbons (Fsp3) is 0.105. The second-order valence-corrected chi connectivity index (χ2v) is 7.10. The van der Waals surface area contributed by atoms with Gasteiger partial charge in [0.15, 0.2) is 0 Å². The Morgan fingerprint density at radius 2 is 1.83 bits per heavy atom. The predicted octanol–water partition coefficient (Wildman–Crippen LogP) is 4.81. The third-order valence-corrected chi connectivity index (χ3v) is 4.88. The molecule has 0 fully saturated rings. The lowest BCUT2D eigenvalue weighted by Gasteiger charge is -2.13. The molecule has 3 rings (SSSR count). The SMILES string of the molecule is Cc1cccc(Nc2ncnc(NNC(=O)c3ccc(Cl)cc3Cl)c2[N+](=O)[O-])c1C. The fourth-order valence-corrected chi connectivity index (χ4v) is 3.10. The Morgan fingerprint density at radius 1 is 1.10 bits per heavy atom. The summed E-state index contributed by atoms with van der Waals surface area (Å²) in [5.74, 6) is -0.833. The van der Waals surface area contributed by atoms with Crippen molar-refractivity contribution in [2.45, 2.75) is 13.8 Å². The zero-order chi connectivity index (χ0) is 21.8. The summed E-state index contributed by atoms with van der Waals surface area (Å²) in [5, 5.41) is 15.2. The number of benzene rings is 2. The number of carbonyl (C=O) groups is 1. The molecule has 9 nitrogen and oxygen atoms in total. The molecular weight excluding hydrogens is 431 g/mol. The van der Waals surface area contributed by atoms with E-state index in [1.165, 1.54) is 18.2 Å². The van der Waals surface area contributed by atoms with Crippen LogP contribution in [-0.2, 0) is 0 Å². The minimum atomic E-state index is -0.642. The average Bonchev–Trinajstić information content (AvgIpc) is 2.69. The topological polar surface area (TPSA) is 122 Å². The fourth-order valence-electron chi connectivity index (χ4n) is 2.61. The number of nitro groups is 1. The van der Waals surface area contributed by atoms with E-state index in [1.54, 1.807) is 6.07 Å². The minimum Gasteiger partial charge on any atom is -0.334 e. The van der Waals surface area contributed by atoms with Gasteiger partial charge in [-0.25, -0.2) is 9.97 Å². The van der Waals surface area contributed by atoms with Crippen LogP contribution in [0.4, 0.5) is 23.0 Å². The third-order valence-electron chi connectivity index (χ3n) is 4.33. The number of nitrogens with zero attached hydrogens (tertiary/aromatic N) is 3. The summed E-state index contributed by atoms with van der Waals surface area (Å²) in [5.41, 5.74) is 7.12. The Hall–Kier alpha value is -3.43. The summed E-state index contributed by atoms with van der Waals surface area (Å²) in [6.45, 7) is 3.82. The maximum atomic E-state index is 12.4. The zero-order valence-corrected chi connectivity index (χ0v) is 17.4. The molecule has 2 aromatic carbocycles. The van der Waals surface area contributed by atoms with Crippen molar-refractivity contribution >= 4 is 52.1 Å². The van der Waals surface area contributed by atoms with Crippen LogP contribution in [0.15, 0.2) is 42.7 Å². The number of carbonyl (C=O) groups excluding carboxylic acids is 1. The maximum absolute atomic E-state index is 12.4. The first-order chi connectivity index (χ1) is 14.3. The van der Waals surface area contributed by atoms with Crippen LogP contribution >= 0.6 is 23.2 Å². The largest absolute Gasteiger partial charge is 0.355 e. The lowest BCUT2D eigenvalue weighted by atomic mass is 10.1. The van der Waals surface area contributed by atoms with E-state index in [1.807, 2.05) is 26.0 Å². The van der Waals surface area contributed by atoms with Crippen LogP contribution in [0.3, 0.4) is 0 Å². The number of halogens is 2. The van der Waals surface area contributed by atoms with Gasteiger partial charge in [0.1, 0.15) is 6.33 Å². The van der Waals surface area contributed by atoms with Crippen molar-refractivity contribution in [2.75, 3.05) is 10.7 Å². The number of rotatable bonds is 6. The van der Waals surface area contributed by atoms with Crippen LogP contribution in [0.1, 0.15) is 21.5 Å². The van der Waals surface area contributed by atoms with Crippen molar-refractivity contribution in [1.29, 1.82) is 0 Å². The molecule has 3 aromatic rings. The number of hydrazine groups is 1. The predicted molar refractivity (Wildman–Crippen MR) is 115 cm³/mol. The van der Waals surface area contributed by atoms with Gasteiger partial charge in [-0.15, -0.1) is 0 Å². The van der Waals surface area contributed by atoms with Gasteiger partial charge in [0.25, 0.3) is 5.91 Å². The van der Waals surface area contributed by atoms with E-state index in [-0.39, 0.29) is 22.2 Å². The van der Waals surface area contributed by atoms with E-state index >= 15 is 0 Å². The lowest BCUT2D eigenvalue weighted by molar-refractivity contribution is -0.383. The molecule has 0 bridgehead atoms. The monoisotopic (exact) mass is 446 g/mol. The Labute approximate surface area is 181 Å². The van der Waals surface area contributed by atoms with Crippen molar-refractivity contribution in [3.05, 3.63) is 79.6 Å². The molecule has 0 radical (unpaired) electrons. The summed E-state index contributed by atoms with van der Waals surface area (Å²) in [6, 6.07) is 9.89. The summed E-state index contributed by atoms with van der Waals surface area (Å²) < 4.78 is 0. The van der Waals surface area contributed by atoms with Gasteiger partial charge in [-0.3, -0.25) is 25.8 Å². The maximum Gasteiger partial charge on any atom is 0.355 e. The molecular formula is C19H16Cl2N6O3. The van der Waals surface area contributed by atoms with Crippen LogP contribution in [-0.4, -0.2) is 20.8 Å². The Balaban J connectivity index is 1.86. The van der Waals surface area contributed by atoms with Gasteiger partial charge in [0.2, 0.25) is 11.6 Å². The van der Waals surface area contributed by atoms with Crippen molar-refractivity contribution < 1.29 is 9.72 Å². The molecule has 0 saturated heterocycles. The van der Waals surface area contributed by atoms with Crippen molar-refractivity contribution in [3.63, 3.8) is 0 Å². The van der Waals surface area contributed by atoms with E-state index in [0.717, 1.165) is 17.5 Å². The van der Waals surface area contributed by atoms with Crippen LogP contribution in [0.5, 0.6) is 0 Å². The average molecular weight is 447 g/mol. The third kappa shape index (κ3) is 4.58. The molecule has 0 aliphatic carbocycles. The van der Waals surface area contributed by atoms with E-state index in [2.05, 4.69) is 26.1 Å². The van der Waals surface area contributed by atoms with Crippen LogP contribution in [0.25, 0.3) is 0 Å². The van der Waals surface area contributed by atoms with Gasteiger partial charge in [0.05, 0.1) is 15.5 Å². The van der Waals surface area contributed by atoms with Crippen molar-refractivity contribution in [1.82, 2.24) is 15.4 Å². The van der Waals surface area contributed by atoms with Crippen LogP contribution < -0.4 is 16.2 Å². The summed E-state index contributed by atoms with van der Waals surface area (Å²) in [4.78, 5) is 31.3. The van der Waals surface area contributed by atoms with Gasteiger partial charge in [-0.2, -0.15) is 0 Å². The number of aryl methyl sites for hydroxylation is 1. The lowest BCUT2D eigenvalue weighted by Crippen LogP contribution is -2.30. The number of hydrogen-bond donors (Lipinski definition) is 3. The highest BCUT2D eigenvalue weighted by Crippen LogP contribution is 2.32. The van der Waals surface area contributed by atoms with Crippen molar-refractivity contribution in [2.24, 2.45) is 0 Å². The number of amides is 1. The Morgan fingerprint density at radius 3 is 2.53 bits per heavy atom. The van der Waals surface area contributed by atoms with E-state index in [4.69, 9.17) is 23.2 Å². The summed E-state index contributed by atoms with van der Waals surface area (Å²) >= 11 is 11.8. The van der Waals surface area contributed by atoms with E-state index < -0.39 is 16.5 Å². The van der Waals surface area contributed by atoms with Crippen molar-refractivity contribution in [3.8, 4) is 0 Å². The molecule has 1 aromatic heterocycles. The molecule has 0 aliphatic heterocycles. The number of aromatic nitrogens is 2. The molecule has 0 saturated carbocycles. The first-order valence-electron chi connectivity index (χ1n) is 8.62. The van der Waals surface area contributed by atoms with Gasteiger partial charge in [-0.1, -0.05) is 35.3 Å². The molecule has 0 aliphatic rings. The summed E-state index contributed by atoms with van der Waals surface area (Å²) in [6.07, 6.45) is 1.14. The number of nitrogens with one attached hydrogen (secondary N) is 3. The highest BCUT2D eigenvalue weighted by Gasteiger charge is 2.24. The quantitative estimate of drug-likeness (QED) is 0.366. The molecule has 11 heteroatoms. The molecule has 1 amide bonds. The second-order valence-electron chi connectivity index (χ2n) is 6.25. The molecule has 3 N–H and O–H groups in total. The molecule has 1 heterocycles. The molecule has 0 atom stereocenters. The standard InChI is InChI=1S/C19H16Cl2N6O3/c1-10-4-3-5-15(11(10)2)24-17-16(27(29)30)18(23-9-22-17)25-26-19(28)13-7-6-12(20)8-14(13)21/h3-9H,1-2H3,(H,26,28)(H2,22,23,24,25). The highest BCUT2D eigenvalue weighted by atomic mass is 35.5. The van der Waals surface area contributed by atoms with E-state index in [9.17, 15) is 14.9 Å². The van der Waals surface area contributed by atoms with Crippen LogP contribution in [0, 0.1) is 24.0 Å². The van der Waals surface area contributed by atoms with Gasteiger partial charge < -0.3 is 5.32 Å². The second kappa shape index (κ2) is 8.93. The van der Waals surface area contributed by atoms with Gasteiger partial charge in [-0.05, 0) is 49.2 Å². The van der Waals surface area contributed by atoms with Gasteiger partial charge in [0, 0.05) is 10.7 Å². The van der Waals surface area contributed by atoms with Crippen LogP contribution in [0.2, 0.25) is 10.0 Å². The smallest absolute Gasteiger partial charge is 0.334 e. The summed E-state index contributed by atoms with van der Waals surface area (Å²) in [7, 11) is 0. The Bertz CT molecular complexity index is 1140. The molecule has 0 unspecified atom stereocenters. The number of anilines is 3. The van der Waals surface area contributed by atoms with Gasteiger partial charge >= 0.3 is 5.69 Å². The first-order valence-corrected chi connectivity index (χ1v) is 9.37. The minimum absolute atomic E-state index is 0.0232. The zero-order valence-electron chi connectivity index (χ0n) is 15.9. The molecule has 154 valence electrons. The molecule has 0 spiro atoms. The normalized spacial score (nSPS) is 10.4. The molecule has 30 heavy (non-hydrogen) atoms. The highest BCUT2D eigenvalue weighted by molar-refractivity contribution is 6.36. The first kappa shape index (κ1) is 21.3.